The zero-order valence-corrected chi connectivity index (χ0v) is 25.2. The van der Waals surface area contributed by atoms with E-state index in [2.05, 4.69) is 5.32 Å². The molecule has 1 aliphatic heterocycles. The number of nitrogens with one attached hydrogen (secondary N) is 1. The Morgan fingerprint density at radius 1 is 1.12 bits per heavy atom. The fourth-order valence-electron chi connectivity index (χ4n) is 5.26. The molecule has 43 heavy (non-hydrogen) atoms. The molecule has 1 saturated heterocycles. The highest BCUT2D eigenvalue weighted by atomic mass is 32.2. The highest BCUT2D eigenvalue weighted by Gasteiger charge is 2.37. The summed E-state index contributed by atoms with van der Waals surface area (Å²) in [6.07, 6.45) is 0.743. The molecule has 3 amide bonds. The molecule has 2 aliphatic rings. The maximum atomic E-state index is 13.1. The SMILES string of the molecule is CCOC(=O)c1c(-n2c(C)cc(/C=C3\SC(=O)N(CC(=O)Nc4cccc(C(F)(F)F)c4)C3=O)c2C)sc2c1CCCC2. The molecule has 3 aromatic rings. The molecule has 5 rings (SSSR count). The first kappa shape index (κ1) is 30.6. The highest BCUT2D eigenvalue weighted by Crippen LogP contribution is 2.40. The van der Waals surface area contributed by atoms with E-state index in [0.29, 0.717) is 22.9 Å². The number of thioether (sulfide) groups is 1. The number of hydrogen-bond acceptors (Lipinski definition) is 7. The number of alkyl halides is 3. The van der Waals surface area contributed by atoms with Crippen LogP contribution in [0.25, 0.3) is 11.1 Å². The van der Waals surface area contributed by atoms with Crippen molar-refractivity contribution in [1.82, 2.24) is 9.47 Å². The zero-order chi connectivity index (χ0) is 31.1. The minimum Gasteiger partial charge on any atom is -0.462 e. The lowest BCUT2D eigenvalue weighted by molar-refractivity contribution is -0.137. The lowest BCUT2D eigenvalue weighted by Crippen LogP contribution is -2.36. The van der Waals surface area contributed by atoms with E-state index in [1.54, 1.807) is 24.3 Å². The fraction of sp³-hybridized carbons (Fsp3) is 0.333. The summed E-state index contributed by atoms with van der Waals surface area (Å²) in [5.74, 6) is -1.86. The van der Waals surface area contributed by atoms with Crippen molar-refractivity contribution in [3.8, 4) is 5.00 Å². The van der Waals surface area contributed by atoms with Crippen molar-refractivity contribution in [3.05, 3.63) is 73.8 Å². The summed E-state index contributed by atoms with van der Waals surface area (Å²) in [5, 5.41) is 2.41. The number of nitrogens with zero attached hydrogens (tertiary/aromatic N) is 2. The number of aromatic nitrogens is 1. The number of anilines is 1. The highest BCUT2D eigenvalue weighted by molar-refractivity contribution is 8.18. The molecule has 8 nitrogen and oxygen atoms in total. The fourth-order valence-corrected chi connectivity index (χ4v) is 7.58. The zero-order valence-electron chi connectivity index (χ0n) is 23.6. The number of ether oxygens (including phenoxy) is 1. The van der Waals surface area contributed by atoms with Gasteiger partial charge in [0.1, 0.15) is 11.5 Å². The van der Waals surface area contributed by atoms with Gasteiger partial charge in [0.05, 0.1) is 22.6 Å². The van der Waals surface area contributed by atoms with Gasteiger partial charge in [0, 0.05) is 22.0 Å². The molecule has 1 aromatic carbocycles. The number of halogens is 3. The van der Waals surface area contributed by atoms with Crippen molar-refractivity contribution in [2.24, 2.45) is 0 Å². The second-order valence-corrected chi connectivity index (χ2v) is 12.2. The number of rotatable bonds is 7. The largest absolute Gasteiger partial charge is 0.462 e. The number of aryl methyl sites for hydroxylation is 2. The van der Waals surface area contributed by atoms with Crippen LogP contribution in [0.1, 0.15) is 63.1 Å². The molecule has 1 N–H and O–H groups in total. The van der Waals surface area contributed by atoms with Gasteiger partial charge in [0.15, 0.2) is 0 Å². The van der Waals surface area contributed by atoms with Crippen molar-refractivity contribution in [3.63, 3.8) is 0 Å². The molecule has 2 aromatic heterocycles. The number of fused-ring (bicyclic) bond motifs is 1. The maximum Gasteiger partial charge on any atom is 0.416 e. The second-order valence-electron chi connectivity index (χ2n) is 10.2. The monoisotopic (exact) mass is 631 g/mol. The lowest BCUT2D eigenvalue weighted by Gasteiger charge is -2.13. The van der Waals surface area contributed by atoms with Crippen LogP contribution in [0.2, 0.25) is 0 Å². The van der Waals surface area contributed by atoms with E-state index >= 15 is 0 Å². The third-order valence-electron chi connectivity index (χ3n) is 7.24. The average Bonchev–Trinajstić information content (AvgIpc) is 3.54. The van der Waals surface area contributed by atoms with Crippen molar-refractivity contribution < 1.29 is 37.1 Å². The number of benzene rings is 1. The Bertz CT molecular complexity index is 1670. The van der Waals surface area contributed by atoms with E-state index in [-0.39, 0.29) is 23.2 Å². The lowest BCUT2D eigenvalue weighted by atomic mass is 9.95. The van der Waals surface area contributed by atoms with Crippen LogP contribution in [0.4, 0.5) is 23.7 Å². The Labute approximate surface area is 253 Å². The van der Waals surface area contributed by atoms with Gasteiger partial charge in [-0.3, -0.25) is 19.3 Å². The molecule has 0 bridgehead atoms. The summed E-state index contributed by atoms with van der Waals surface area (Å²) < 4.78 is 46.4. The summed E-state index contributed by atoms with van der Waals surface area (Å²) in [4.78, 5) is 53.4. The third-order valence-corrected chi connectivity index (χ3v) is 9.43. The Hall–Kier alpha value is -3.84. The third kappa shape index (κ3) is 6.14. The topological polar surface area (TPSA) is 97.7 Å². The summed E-state index contributed by atoms with van der Waals surface area (Å²) in [5.41, 5.74) is 2.81. The molecular formula is C30H28F3N3O5S2. The molecule has 1 fully saturated rings. The Morgan fingerprint density at radius 2 is 1.86 bits per heavy atom. The van der Waals surface area contributed by atoms with Gasteiger partial charge in [-0.25, -0.2) is 4.79 Å². The van der Waals surface area contributed by atoms with Gasteiger partial charge < -0.3 is 14.6 Å². The van der Waals surface area contributed by atoms with Crippen molar-refractivity contribution in [2.45, 2.75) is 52.6 Å². The average molecular weight is 632 g/mol. The molecule has 0 spiro atoms. The second kappa shape index (κ2) is 12.0. The van der Waals surface area contributed by atoms with Crippen LogP contribution < -0.4 is 5.32 Å². The molecule has 0 unspecified atom stereocenters. The number of amides is 3. The van der Waals surface area contributed by atoms with Crippen LogP contribution in [-0.4, -0.2) is 45.6 Å². The molecule has 226 valence electrons. The van der Waals surface area contributed by atoms with Crippen LogP contribution >= 0.6 is 23.1 Å². The Morgan fingerprint density at radius 3 is 2.58 bits per heavy atom. The van der Waals surface area contributed by atoms with Gasteiger partial charge in [0.2, 0.25) is 5.91 Å². The smallest absolute Gasteiger partial charge is 0.416 e. The van der Waals surface area contributed by atoms with E-state index < -0.39 is 35.3 Å². The van der Waals surface area contributed by atoms with Gasteiger partial charge in [0.25, 0.3) is 11.1 Å². The van der Waals surface area contributed by atoms with Crippen molar-refractivity contribution in [1.29, 1.82) is 0 Å². The number of hydrogen-bond donors (Lipinski definition) is 1. The van der Waals surface area contributed by atoms with Crippen LogP contribution in [0.5, 0.6) is 0 Å². The predicted octanol–water partition coefficient (Wildman–Crippen LogP) is 6.90. The first-order chi connectivity index (χ1) is 20.4. The van der Waals surface area contributed by atoms with Gasteiger partial charge in [-0.1, -0.05) is 6.07 Å². The first-order valence-corrected chi connectivity index (χ1v) is 15.3. The number of esters is 1. The normalized spacial score (nSPS) is 16.1. The minimum absolute atomic E-state index is 0.104. The molecule has 0 atom stereocenters. The van der Waals surface area contributed by atoms with Gasteiger partial charge in [-0.05, 0) is 99.7 Å². The van der Waals surface area contributed by atoms with E-state index in [9.17, 15) is 32.3 Å². The summed E-state index contributed by atoms with van der Waals surface area (Å²) in [6, 6.07) is 5.95. The van der Waals surface area contributed by atoms with Crippen molar-refractivity contribution in [2.75, 3.05) is 18.5 Å². The summed E-state index contributed by atoms with van der Waals surface area (Å²) in [6.45, 7) is 5.12. The Balaban J connectivity index is 1.38. The summed E-state index contributed by atoms with van der Waals surface area (Å²) in [7, 11) is 0. The van der Waals surface area contributed by atoms with Crippen LogP contribution in [0, 0.1) is 13.8 Å². The van der Waals surface area contributed by atoms with Crippen LogP contribution in [0.15, 0.2) is 35.2 Å². The number of carbonyl (C=O) groups is 4. The minimum atomic E-state index is -4.59. The number of carbonyl (C=O) groups excluding carboxylic acids is 4. The maximum absolute atomic E-state index is 13.1. The van der Waals surface area contributed by atoms with Gasteiger partial charge in [-0.15, -0.1) is 11.3 Å². The molecule has 1 aliphatic carbocycles. The standard InChI is InChI=1S/C30H28F3N3O5S2/c1-4-41-28(39)25-21-10-5-6-11-22(21)42-27(25)36-16(2)12-18(17(36)3)13-23-26(38)35(29(40)43-23)15-24(37)34-20-9-7-8-19(14-20)30(31,32)33/h7-9,12-14H,4-6,10-11,15H2,1-3H3,(H,34,37)/b23-13-. The molecular weight excluding hydrogens is 603 g/mol. The predicted molar refractivity (Wildman–Crippen MR) is 158 cm³/mol. The van der Waals surface area contributed by atoms with Crippen LogP contribution in [0.3, 0.4) is 0 Å². The summed E-state index contributed by atoms with van der Waals surface area (Å²) >= 11 is 2.24. The number of imide groups is 1. The number of thiophene rings is 1. The molecule has 13 heteroatoms. The first-order valence-electron chi connectivity index (χ1n) is 13.6. The molecule has 0 saturated carbocycles. The van der Waals surface area contributed by atoms with Gasteiger partial charge >= 0.3 is 12.1 Å². The van der Waals surface area contributed by atoms with E-state index in [1.807, 2.05) is 24.5 Å². The van der Waals surface area contributed by atoms with E-state index in [0.717, 1.165) is 70.7 Å². The van der Waals surface area contributed by atoms with Crippen molar-refractivity contribution >= 4 is 57.9 Å². The van der Waals surface area contributed by atoms with Gasteiger partial charge in [-0.2, -0.15) is 13.2 Å². The van der Waals surface area contributed by atoms with E-state index in [4.69, 9.17) is 4.74 Å². The molecule has 3 heterocycles. The van der Waals surface area contributed by atoms with Crippen LogP contribution in [-0.2, 0) is 33.3 Å². The van der Waals surface area contributed by atoms with E-state index in [1.165, 1.54) is 10.9 Å². The molecule has 0 radical (unpaired) electrons. The quantitative estimate of drug-likeness (QED) is 0.225. The Kier molecular flexibility index (Phi) is 8.57.